The Balaban J connectivity index is 2.27. The van der Waals surface area contributed by atoms with Gasteiger partial charge in [-0.25, -0.2) is 24.2 Å². The summed E-state index contributed by atoms with van der Waals surface area (Å²) < 4.78 is 25.2. The predicted molar refractivity (Wildman–Crippen MR) is 81.2 cm³/mol. The second-order valence-corrected chi connectivity index (χ2v) is 6.40. The van der Waals surface area contributed by atoms with E-state index in [2.05, 4.69) is 9.97 Å². The zero-order valence-corrected chi connectivity index (χ0v) is 12.6. The van der Waals surface area contributed by atoms with E-state index < -0.39 is 15.9 Å². The van der Waals surface area contributed by atoms with E-state index >= 15 is 0 Å². The topological polar surface area (TPSA) is 118 Å². The molecule has 0 aliphatic carbocycles. The molecule has 3 N–H and O–H groups in total. The highest BCUT2D eigenvalue weighted by Crippen LogP contribution is 2.19. The van der Waals surface area contributed by atoms with Crippen molar-refractivity contribution < 1.29 is 13.2 Å². The van der Waals surface area contributed by atoms with Crippen molar-refractivity contribution >= 4 is 21.6 Å². The molecule has 0 aliphatic heterocycles. The Bertz CT molecular complexity index is 747. The molecule has 0 spiro atoms. The third-order valence-corrected chi connectivity index (χ3v) is 3.95. The molecule has 0 unspecified atom stereocenters. The van der Waals surface area contributed by atoms with E-state index in [1.807, 2.05) is 5.43 Å². The van der Waals surface area contributed by atoms with Gasteiger partial charge in [0.25, 0.3) is 0 Å². The number of para-hydroxylation sites is 1. The summed E-state index contributed by atoms with van der Waals surface area (Å²) in [6.07, 6.45) is 3.90. The first-order valence-electron chi connectivity index (χ1n) is 6.26. The van der Waals surface area contributed by atoms with Gasteiger partial charge >= 0.3 is 5.91 Å². The molecule has 0 saturated carbocycles. The number of hydrazine groups is 1. The molecule has 0 aliphatic rings. The molecule has 1 aromatic carbocycles. The third kappa shape index (κ3) is 3.77. The Morgan fingerprint density at radius 2 is 1.82 bits per heavy atom. The maximum atomic E-state index is 12.0. The monoisotopic (exact) mass is 321 g/mol. The number of rotatable bonds is 5. The van der Waals surface area contributed by atoms with Crippen molar-refractivity contribution in [2.24, 2.45) is 5.84 Å². The number of hydrogen-bond acceptors (Lipinski definition) is 6. The second-order valence-electron chi connectivity index (χ2n) is 4.49. The summed E-state index contributed by atoms with van der Waals surface area (Å²) in [5, 5.41) is 0. The first kappa shape index (κ1) is 15.9. The molecule has 2 rings (SSSR count). The summed E-state index contributed by atoms with van der Waals surface area (Å²) in [5.74, 6) is 4.29. The minimum atomic E-state index is -3.47. The van der Waals surface area contributed by atoms with Gasteiger partial charge in [-0.3, -0.25) is 14.5 Å². The molecule has 0 atom stereocenters. The summed E-state index contributed by atoms with van der Waals surface area (Å²) in [5.41, 5.74) is 3.00. The number of amides is 1. The van der Waals surface area contributed by atoms with Crippen LogP contribution in [0.2, 0.25) is 0 Å². The van der Waals surface area contributed by atoms with Gasteiger partial charge < -0.3 is 0 Å². The highest BCUT2D eigenvalue weighted by Gasteiger charge is 2.18. The molecule has 8 nitrogen and oxygen atoms in total. The van der Waals surface area contributed by atoms with Gasteiger partial charge in [-0.1, -0.05) is 18.2 Å². The summed E-state index contributed by atoms with van der Waals surface area (Å²) in [4.78, 5) is 19.0. The van der Waals surface area contributed by atoms with Crippen molar-refractivity contribution in [3.05, 3.63) is 54.1 Å². The molecule has 22 heavy (non-hydrogen) atoms. The van der Waals surface area contributed by atoms with Crippen LogP contribution in [0.3, 0.4) is 0 Å². The van der Waals surface area contributed by atoms with Gasteiger partial charge in [0, 0.05) is 18.0 Å². The molecule has 9 heteroatoms. The van der Waals surface area contributed by atoms with Gasteiger partial charge in [-0.05, 0) is 12.1 Å². The van der Waals surface area contributed by atoms with E-state index in [1.54, 1.807) is 30.3 Å². The maximum Gasteiger partial charge on any atom is 0.302 e. The van der Waals surface area contributed by atoms with Gasteiger partial charge in [0.2, 0.25) is 15.8 Å². The third-order valence-electron chi connectivity index (χ3n) is 2.81. The van der Waals surface area contributed by atoms with Crippen LogP contribution in [0.4, 0.5) is 5.69 Å². The van der Waals surface area contributed by atoms with Gasteiger partial charge in [-0.2, -0.15) is 0 Å². The van der Waals surface area contributed by atoms with Crippen LogP contribution in [0.25, 0.3) is 0 Å². The lowest BCUT2D eigenvalue weighted by atomic mass is 10.3. The minimum Gasteiger partial charge on any atom is -0.287 e. The number of aromatic nitrogens is 2. The van der Waals surface area contributed by atoms with Crippen molar-refractivity contribution in [1.82, 2.24) is 15.4 Å². The van der Waals surface area contributed by atoms with Crippen LogP contribution in [0.15, 0.2) is 42.7 Å². The molecular formula is C13H15N5O3S. The van der Waals surface area contributed by atoms with Crippen LogP contribution in [-0.2, 0) is 16.6 Å². The Hall–Kier alpha value is -2.52. The SMILES string of the molecule is CS(=O)(=O)N(Cc1cnc(C(=O)NN)nc1)c1ccccc1. The largest absolute Gasteiger partial charge is 0.302 e. The number of nitrogens with two attached hydrogens (primary N) is 1. The zero-order valence-electron chi connectivity index (χ0n) is 11.8. The number of benzene rings is 1. The smallest absolute Gasteiger partial charge is 0.287 e. The predicted octanol–water partition coefficient (Wildman–Crippen LogP) is 0.0463. The summed E-state index contributed by atoms with van der Waals surface area (Å²) in [6, 6.07) is 8.68. The highest BCUT2D eigenvalue weighted by molar-refractivity contribution is 7.92. The van der Waals surface area contributed by atoms with Gasteiger partial charge in [-0.15, -0.1) is 0 Å². The van der Waals surface area contributed by atoms with Crippen LogP contribution >= 0.6 is 0 Å². The van der Waals surface area contributed by atoms with Crippen LogP contribution in [-0.4, -0.2) is 30.5 Å². The Labute approximate surface area is 128 Å². The number of carbonyl (C=O) groups is 1. The van der Waals surface area contributed by atoms with E-state index in [0.29, 0.717) is 11.3 Å². The lowest BCUT2D eigenvalue weighted by Gasteiger charge is -2.22. The van der Waals surface area contributed by atoms with Crippen LogP contribution in [0.1, 0.15) is 16.2 Å². The van der Waals surface area contributed by atoms with Gasteiger partial charge in [0.1, 0.15) is 0 Å². The van der Waals surface area contributed by atoms with Gasteiger partial charge in [0.15, 0.2) is 0 Å². The molecule has 0 fully saturated rings. The molecule has 116 valence electrons. The fourth-order valence-electron chi connectivity index (χ4n) is 1.78. The molecule has 1 amide bonds. The molecule has 0 radical (unpaired) electrons. The number of nitrogen functional groups attached to an aromatic ring is 1. The van der Waals surface area contributed by atoms with Crippen LogP contribution in [0, 0.1) is 0 Å². The summed E-state index contributed by atoms with van der Waals surface area (Å²) >= 11 is 0. The van der Waals surface area contributed by atoms with E-state index in [4.69, 9.17) is 5.84 Å². The highest BCUT2D eigenvalue weighted by atomic mass is 32.2. The summed E-state index contributed by atoms with van der Waals surface area (Å²) in [6.45, 7) is 0.0629. The molecular weight excluding hydrogens is 306 g/mol. The summed E-state index contributed by atoms with van der Waals surface area (Å²) in [7, 11) is -3.47. The van der Waals surface area contributed by atoms with Crippen molar-refractivity contribution in [1.29, 1.82) is 0 Å². The fourth-order valence-corrected chi connectivity index (χ4v) is 2.67. The number of anilines is 1. The van der Waals surface area contributed by atoms with Crippen molar-refractivity contribution in [3.63, 3.8) is 0 Å². The molecule has 1 aromatic heterocycles. The van der Waals surface area contributed by atoms with E-state index in [9.17, 15) is 13.2 Å². The number of nitrogens with zero attached hydrogens (tertiary/aromatic N) is 3. The molecule has 1 heterocycles. The van der Waals surface area contributed by atoms with E-state index in [1.165, 1.54) is 16.7 Å². The Morgan fingerprint density at radius 1 is 1.23 bits per heavy atom. The number of nitrogens with one attached hydrogen (secondary N) is 1. The first-order chi connectivity index (χ1) is 10.4. The average molecular weight is 321 g/mol. The fraction of sp³-hybridized carbons (Fsp3) is 0.154. The Kier molecular flexibility index (Phi) is 4.68. The number of sulfonamides is 1. The second kappa shape index (κ2) is 6.50. The van der Waals surface area contributed by atoms with E-state index in [-0.39, 0.29) is 12.4 Å². The quantitative estimate of drug-likeness (QED) is 0.456. The zero-order chi connectivity index (χ0) is 16.2. The van der Waals surface area contributed by atoms with Crippen LogP contribution < -0.4 is 15.6 Å². The molecule has 0 saturated heterocycles. The minimum absolute atomic E-state index is 0.0629. The Morgan fingerprint density at radius 3 is 2.32 bits per heavy atom. The first-order valence-corrected chi connectivity index (χ1v) is 8.11. The van der Waals surface area contributed by atoms with Gasteiger partial charge in [0.05, 0.1) is 18.5 Å². The lowest BCUT2D eigenvalue weighted by molar-refractivity contribution is 0.0943. The molecule has 0 bridgehead atoms. The number of carbonyl (C=O) groups excluding carboxylic acids is 1. The van der Waals surface area contributed by atoms with Crippen molar-refractivity contribution in [2.45, 2.75) is 6.54 Å². The lowest BCUT2D eigenvalue weighted by Crippen LogP contribution is -2.32. The number of hydrogen-bond donors (Lipinski definition) is 2. The average Bonchev–Trinajstić information content (AvgIpc) is 2.52. The van der Waals surface area contributed by atoms with Crippen molar-refractivity contribution in [2.75, 3.05) is 10.6 Å². The van der Waals surface area contributed by atoms with E-state index in [0.717, 1.165) is 6.26 Å². The van der Waals surface area contributed by atoms with Crippen molar-refractivity contribution in [3.8, 4) is 0 Å². The molecule has 2 aromatic rings. The standard InChI is InChI=1S/C13H15N5O3S/c1-22(20,21)18(11-5-3-2-4-6-11)9-10-7-15-12(16-8-10)13(19)17-14/h2-8H,9,14H2,1H3,(H,17,19). The normalized spacial score (nSPS) is 11.0. The van der Waals surface area contributed by atoms with Crippen LogP contribution in [0.5, 0.6) is 0 Å². The maximum absolute atomic E-state index is 12.0.